The first-order valence-corrected chi connectivity index (χ1v) is 10.4. The monoisotopic (exact) mass is 413 g/mol. The van der Waals surface area contributed by atoms with Gasteiger partial charge in [0.15, 0.2) is 0 Å². The smallest absolute Gasteiger partial charge is 0.266 e. The summed E-state index contributed by atoms with van der Waals surface area (Å²) in [5.41, 5.74) is 5.86. The molecule has 1 aromatic heterocycles. The van der Waals surface area contributed by atoms with Gasteiger partial charge < -0.3 is 14.6 Å². The van der Waals surface area contributed by atoms with Gasteiger partial charge in [-0.3, -0.25) is 4.79 Å². The number of carbonyl (C=O) groups excluding carboxylic acids is 1. The molecule has 0 spiro atoms. The van der Waals surface area contributed by atoms with Crippen LogP contribution in [0.4, 0.5) is 5.69 Å². The van der Waals surface area contributed by atoms with Crippen LogP contribution in [0.5, 0.6) is 5.75 Å². The zero-order chi connectivity index (χ0) is 22.4. The molecule has 0 radical (unpaired) electrons. The molecule has 0 saturated heterocycles. The van der Waals surface area contributed by atoms with E-state index >= 15 is 0 Å². The van der Waals surface area contributed by atoms with E-state index in [4.69, 9.17) is 4.74 Å². The highest BCUT2D eigenvalue weighted by Gasteiger charge is 2.14. The summed E-state index contributed by atoms with van der Waals surface area (Å²) in [4.78, 5) is 12.7. The summed E-state index contributed by atoms with van der Waals surface area (Å²) in [5, 5.41) is 12.4. The summed E-state index contributed by atoms with van der Waals surface area (Å²) < 4.78 is 7.54. The summed E-state index contributed by atoms with van der Waals surface area (Å²) >= 11 is 0. The summed E-state index contributed by atoms with van der Waals surface area (Å²) in [6.07, 6.45) is 2.63. The van der Waals surface area contributed by atoms with E-state index < -0.39 is 5.91 Å². The Bertz CT molecular complexity index is 1130. The van der Waals surface area contributed by atoms with Gasteiger partial charge in [-0.05, 0) is 86.9 Å². The molecular weight excluding hydrogens is 386 g/mol. The molecule has 31 heavy (non-hydrogen) atoms. The third-order valence-electron chi connectivity index (χ3n) is 5.16. The first-order chi connectivity index (χ1) is 15.0. The molecule has 0 bridgehead atoms. The lowest BCUT2D eigenvalue weighted by Gasteiger charge is -2.10. The number of carbonyl (C=O) groups is 1. The van der Waals surface area contributed by atoms with Crippen LogP contribution in [0.15, 0.2) is 60.2 Å². The van der Waals surface area contributed by atoms with Gasteiger partial charge in [0.25, 0.3) is 5.91 Å². The van der Waals surface area contributed by atoms with E-state index in [1.54, 1.807) is 30.3 Å². The van der Waals surface area contributed by atoms with Crippen molar-refractivity contribution in [3.05, 3.63) is 82.7 Å². The van der Waals surface area contributed by atoms with E-state index in [-0.39, 0.29) is 5.57 Å². The van der Waals surface area contributed by atoms with Crippen LogP contribution in [0, 0.1) is 25.2 Å². The van der Waals surface area contributed by atoms with Crippen molar-refractivity contribution in [1.29, 1.82) is 5.26 Å². The molecule has 1 N–H and O–H groups in total. The fraction of sp³-hybridized carbons (Fsp3) is 0.231. The number of ether oxygens (including phenoxy) is 1. The molecule has 3 aromatic rings. The Balaban J connectivity index is 1.84. The van der Waals surface area contributed by atoms with Gasteiger partial charge in [0.2, 0.25) is 0 Å². The maximum atomic E-state index is 12.7. The number of nitrogens with one attached hydrogen (secondary N) is 1. The third kappa shape index (κ3) is 5.04. The Morgan fingerprint density at radius 2 is 1.77 bits per heavy atom. The minimum absolute atomic E-state index is 0.0514. The van der Waals surface area contributed by atoms with Crippen LogP contribution in [0.2, 0.25) is 0 Å². The number of anilines is 1. The highest BCUT2D eigenvalue weighted by atomic mass is 16.5. The number of hydrogen-bond donors (Lipinski definition) is 1. The standard InChI is InChI=1S/C26H27N3O2/c1-5-20-7-11-24(12-8-20)29-18(3)15-21(19(29)4)16-22(17-27)26(30)28-23-9-13-25(14-10-23)31-6-2/h7-16H,5-6H2,1-4H3,(H,28,30)/b22-16-. The SMILES string of the molecule is CCOc1ccc(NC(=O)/C(C#N)=C\c2cc(C)n(-c3ccc(CC)cc3)c2C)cc1. The van der Waals surface area contributed by atoms with Gasteiger partial charge >= 0.3 is 0 Å². The minimum Gasteiger partial charge on any atom is -0.494 e. The van der Waals surface area contributed by atoms with Crippen molar-refractivity contribution in [3.8, 4) is 17.5 Å². The van der Waals surface area contributed by atoms with Crippen molar-refractivity contribution in [2.75, 3.05) is 11.9 Å². The summed E-state index contributed by atoms with van der Waals surface area (Å²) in [6, 6.07) is 19.5. The first-order valence-electron chi connectivity index (χ1n) is 10.4. The largest absolute Gasteiger partial charge is 0.494 e. The molecule has 0 aliphatic heterocycles. The summed E-state index contributed by atoms with van der Waals surface area (Å²) in [5.74, 6) is 0.291. The summed E-state index contributed by atoms with van der Waals surface area (Å²) in [7, 11) is 0. The second-order valence-electron chi connectivity index (χ2n) is 7.26. The Morgan fingerprint density at radius 3 is 2.35 bits per heavy atom. The number of nitriles is 1. The fourth-order valence-electron chi connectivity index (χ4n) is 3.52. The van der Waals surface area contributed by atoms with Gasteiger partial charge in [-0.1, -0.05) is 19.1 Å². The predicted octanol–water partition coefficient (Wildman–Crippen LogP) is 5.60. The lowest BCUT2D eigenvalue weighted by Crippen LogP contribution is -2.13. The Morgan fingerprint density at radius 1 is 1.10 bits per heavy atom. The average molecular weight is 414 g/mol. The quantitative estimate of drug-likeness (QED) is 0.405. The molecule has 0 unspecified atom stereocenters. The second-order valence-corrected chi connectivity index (χ2v) is 7.26. The van der Waals surface area contributed by atoms with Crippen LogP contribution in [0.1, 0.15) is 36.4 Å². The number of hydrogen-bond acceptors (Lipinski definition) is 3. The molecule has 0 atom stereocenters. The molecule has 0 saturated carbocycles. The molecule has 5 nitrogen and oxygen atoms in total. The predicted molar refractivity (Wildman–Crippen MR) is 124 cm³/mol. The van der Waals surface area contributed by atoms with Crippen LogP contribution in [-0.4, -0.2) is 17.1 Å². The van der Waals surface area contributed by atoms with Gasteiger partial charge in [0.05, 0.1) is 6.61 Å². The number of rotatable bonds is 7. The third-order valence-corrected chi connectivity index (χ3v) is 5.16. The first kappa shape index (κ1) is 21.9. The number of aryl methyl sites for hydroxylation is 2. The molecular formula is C26H27N3O2. The lowest BCUT2D eigenvalue weighted by atomic mass is 10.1. The van der Waals surface area contributed by atoms with Crippen molar-refractivity contribution < 1.29 is 9.53 Å². The van der Waals surface area contributed by atoms with Crippen LogP contribution < -0.4 is 10.1 Å². The highest BCUT2D eigenvalue weighted by molar-refractivity contribution is 6.09. The molecule has 3 rings (SSSR count). The molecule has 2 aromatic carbocycles. The zero-order valence-electron chi connectivity index (χ0n) is 18.4. The normalized spacial score (nSPS) is 11.1. The van der Waals surface area contributed by atoms with Gasteiger partial charge in [0.1, 0.15) is 17.4 Å². The van der Waals surface area contributed by atoms with Crippen molar-refractivity contribution in [2.24, 2.45) is 0 Å². The zero-order valence-corrected chi connectivity index (χ0v) is 18.4. The number of aromatic nitrogens is 1. The molecule has 0 aliphatic rings. The molecule has 0 fully saturated rings. The van der Waals surface area contributed by atoms with Gasteiger partial charge in [-0.2, -0.15) is 5.26 Å². The van der Waals surface area contributed by atoms with Crippen LogP contribution in [-0.2, 0) is 11.2 Å². The minimum atomic E-state index is -0.441. The Kier molecular flexibility index (Phi) is 6.94. The highest BCUT2D eigenvalue weighted by Crippen LogP contribution is 2.24. The van der Waals surface area contributed by atoms with Crippen molar-refractivity contribution in [2.45, 2.75) is 34.1 Å². The van der Waals surface area contributed by atoms with Gasteiger partial charge in [0, 0.05) is 22.8 Å². The van der Waals surface area contributed by atoms with Crippen molar-refractivity contribution >= 4 is 17.7 Å². The van der Waals surface area contributed by atoms with E-state index in [1.807, 2.05) is 32.9 Å². The van der Waals surface area contributed by atoms with Crippen molar-refractivity contribution in [3.63, 3.8) is 0 Å². The van der Waals surface area contributed by atoms with E-state index in [0.29, 0.717) is 12.3 Å². The molecule has 1 heterocycles. The molecule has 158 valence electrons. The number of nitrogens with zero attached hydrogens (tertiary/aromatic N) is 2. The van der Waals surface area contributed by atoms with Crippen LogP contribution in [0.25, 0.3) is 11.8 Å². The lowest BCUT2D eigenvalue weighted by molar-refractivity contribution is -0.112. The second kappa shape index (κ2) is 9.82. The van der Waals surface area contributed by atoms with E-state index in [1.165, 1.54) is 5.56 Å². The summed E-state index contributed by atoms with van der Waals surface area (Å²) in [6.45, 7) is 8.63. The van der Waals surface area contributed by atoms with Crippen LogP contribution in [0.3, 0.4) is 0 Å². The number of amides is 1. The van der Waals surface area contributed by atoms with E-state index in [9.17, 15) is 10.1 Å². The molecule has 1 amide bonds. The average Bonchev–Trinajstić information content (AvgIpc) is 3.06. The fourth-order valence-corrected chi connectivity index (χ4v) is 3.52. The van der Waals surface area contributed by atoms with Crippen molar-refractivity contribution in [1.82, 2.24) is 4.57 Å². The topological polar surface area (TPSA) is 67.0 Å². The maximum absolute atomic E-state index is 12.7. The molecule has 0 aliphatic carbocycles. The van der Waals surface area contributed by atoms with Gasteiger partial charge in [-0.25, -0.2) is 0 Å². The van der Waals surface area contributed by atoms with E-state index in [2.05, 4.69) is 41.1 Å². The molecule has 5 heteroatoms. The maximum Gasteiger partial charge on any atom is 0.266 e. The van der Waals surface area contributed by atoms with E-state index in [0.717, 1.165) is 34.8 Å². The Hall–Kier alpha value is -3.78. The number of benzene rings is 2. The Labute approximate surface area is 183 Å². The van der Waals surface area contributed by atoms with Gasteiger partial charge in [-0.15, -0.1) is 0 Å². The van der Waals surface area contributed by atoms with Crippen LogP contribution >= 0.6 is 0 Å².